The largest absolute Gasteiger partial charge is 0.494 e. The molecule has 1 fully saturated rings. The maximum absolute atomic E-state index is 13.3. The molecule has 0 radical (unpaired) electrons. The number of sulfone groups is 1. The van der Waals surface area contributed by atoms with E-state index in [1.165, 1.54) is 37.9 Å². The van der Waals surface area contributed by atoms with Crippen LogP contribution in [0.1, 0.15) is 58.8 Å². The minimum Gasteiger partial charge on any atom is -0.494 e. The Morgan fingerprint density at radius 2 is 1.83 bits per heavy atom. The fourth-order valence-electron chi connectivity index (χ4n) is 3.55. The number of unbranched alkanes of at least 4 members (excludes halogenated alkanes) is 1. The molecule has 0 aromatic heterocycles. The molecule has 7 heteroatoms. The molecule has 1 aliphatic rings. The third kappa shape index (κ3) is 8.30. The molecule has 0 amide bonds. The number of piperidine rings is 1. The van der Waals surface area contributed by atoms with Crippen LogP contribution in [0.3, 0.4) is 0 Å². The van der Waals surface area contributed by atoms with Gasteiger partial charge in [-0.25, -0.2) is 8.42 Å². The third-order valence-electron chi connectivity index (χ3n) is 5.32. The lowest BCUT2D eigenvalue weighted by Crippen LogP contribution is -2.34. The van der Waals surface area contributed by atoms with E-state index >= 15 is 0 Å². The summed E-state index contributed by atoms with van der Waals surface area (Å²) in [7, 11) is -3.45. The van der Waals surface area contributed by atoms with Crippen LogP contribution in [-0.2, 0) is 14.6 Å². The highest BCUT2D eigenvalue weighted by Gasteiger charge is 2.28. The molecule has 0 aliphatic carbocycles. The Hall–Kier alpha value is -1.05. The van der Waals surface area contributed by atoms with Gasteiger partial charge in [0, 0.05) is 12.7 Å². The fourth-order valence-corrected chi connectivity index (χ4v) is 6.13. The second-order valence-corrected chi connectivity index (χ2v) is 11.2. The van der Waals surface area contributed by atoms with Gasteiger partial charge >= 0.3 is 0 Å². The van der Waals surface area contributed by atoms with Crippen molar-refractivity contribution in [1.82, 2.24) is 4.90 Å². The van der Waals surface area contributed by atoms with Crippen LogP contribution in [0.5, 0.6) is 5.75 Å². The van der Waals surface area contributed by atoms with Crippen molar-refractivity contribution in [3.05, 3.63) is 24.3 Å². The zero-order valence-corrected chi connectivity index (χ0v) is 19.4. The summed E-state index contributed by atoms with van der Waals surface area (Å²) in [5.74, 6) is 1.24. The Bertz CT molecular complexity index is 713. The first-order valence-electron chi connectivity index (χ1n) is 10.8. The molecule has 0 bridgehead atoms. The molecular formula is C22H35NO4S2. The van der Waals surface area contributed by atoms with Crippen molar-refractivity contribution in [2.75, 3.05) is 32.0 Å². The van der Waals surface area contributed by atoms with Gasteiger partial charge in [-0.15, -0.1) is 0 Å². The number of hydrogen-bond donors (Lipinski definition) is 0. The molecular weight excluding hydrogens is 406 g/mol. The first-order chi connectivity index (χ1) is 13.9. The normalized spacial score (nSPS) is 16.5. The van der Waals surface area contributed by atoms with Crippen LogP contribution in [0.15, 0.2) is 29.2 Å². The Morgan fingerprint density at radius 3 is 2.45 bits per heavy atom. The van der Waals surface area contributed by atoms with E-state index in [1.807, 2.05) is 0 Å². The lowest BCUT2D eigenvalue weighted by Gasteiger charge is -2.28. The van der Waals surface area contributed by atoms with Crippen molar-refractivity contribution in [3.8, 4) is 5.75 Å². The summed E-state index contributed by atoms with van der Waals surface area (Å²) in [6.07, 6.45) is 6.79. The van der Waals surface area contributed by atoms with E-state index < -0.39 is 15.1 Å². The van der Waals surface area contributed by atoms with Crippen LogP contribution in [0, 0.1) is 0 Å². The van der Waals surface area contributed by atoms with Gasteiger partial charge in [0.05, 0.1) is 16.8 Å². The van der Waals surface area contributed by atoms with E-state index in [0.29, 0.717) is 35.8 Å². The number of likely N-dealkylation sites (tertiary alicyclic amines) is 1. The predicted octanol–water partition coefficient (Wildman–Crippen LogP) is 4.55. The molecule has 1 saturated heterocycles. The molecule has 1 aliphatic heterocycles. The van der Waals surface area contributed by atoms with Crippen LogP contribution in [0.25, 0.3) is 0 Å². The van der Waals surface area contributed by atoms with Crippen molar-refractivity contribution < 1.29 is 17.9 Å². The fraction of sp³-hybridized carbons (Fsp3) is 0.682. The Balaban J connectivity index is 2.05. The molecule has 1 unspecified atom stereocenters. The van der Waals surface area contributed by atoms with Gasteiger partial charge in [0.2, 0.25) is 0 Å². The van der Waals surface area contributed by atoms with E-state index in [1.54, 1.807) is 24.3 Å². The van der Waals surface area contributed by atoms with Gasteiger partial charge in [0.1, 0.15) is 5.75 Å². The number of ether oxygens (including phenoxy) is 1. The Kier molecular flexibility index (Phi) is 10.5. The lowest BCUT2D eigenvalue weighted by atomic mass is 10.1. The summed E-state index contributed by atoms with van der Waals surface area (Å²) in [5.41, 5.74) is 0. The van der Waals surface area contributed by atoms with Gasteiger partial charge < -0.3 is 9.64 Å². The Labute approximate surface area is 180 Å². The van der Waals surface area contributed by atoms with Crippen molar-refractivity contribution >= 4 is 26.7 Å². The van der Waals surface area contributed by atoms with Gasteiger partial charge in [-0.3, -0.25) is 4.79 Å². The minimum absolute atomic E-state index is 0.0331. The van der Waals surface area contributed by atoms with Gasteiger partial charge in [-0.1, -0.05) is 31.5 Å². The molecule has 1 aromatic rings. The van der Waals surface area contributed by atoms with Gasteiger partial charge in [0.15, 0.2) is 15.0 Å². The molecule has 0 saturated carbocycles. The van der Waals surface area contributed by atoms with Crippen molar-refractivity contribution in [3.63, 3.8) is 0 Å². The number of carbonyl (C=O) groups is 1. The highest BCUT2D eigenvalue weighted by molar-refractivity contribution is 8.13. The van der Waals surface area contributed by atoms with Crippen LogP contribution in [-0.4, -0.2) is 55.7 Å². The van der Waals surface area contributed by atoms with E-state index in [9.17, 15) is 13.2 Å². The molecule has 29 heavy (non-hydrogen) atoms. The van der Waals surface area contributed by atoms with Gasteiger partial charge in [0.25, 0.3) is 0 Å². The summed E-state index contributed by atoms with van der Waals surface area (Å²) < 4.78 is 32.2. The number of carbonyl (C=O) groups excluding carboxylic acids is 1. The SMILES string of the molecule is CCCCOc1ccc(S(=O)(=O)C(CCSC(C)=O)CCN2CCCCC2)cc1. The topological polar surface area (TPSA) is 63.7 Å². The van der Waals surface area contributed by atoms with Crippen molar-refractivity contribution in [2.45, 2.75) is 68.9 Å². The summed E-state index contributed by atoms with van der Waals surface area (Å²) in [4.78, 5) is 14.0. The van der Waals surface area contributed by atoms with E-state index in [0.717, 1.165) is 32.5 Å². The summed E-state index contributed by atoms with van der Waals surface area (Å²) >= 11 is 1.21. The highest BCUT2D eigenvalue weighted by Crippen LogP contribution is 2.25. The number of rotatable bonds is 12. The molecule has 5 nitrogen and oxygen atoms in total. The van der Waals surface area contributed by atoms with Crippen LogP contribution in [0.2, 0.25) is 0 Å². The molecule has 0 N–H and O–H groups in total. The number of benzene rings is 1. The van der Waals surface area contributed by atoms with Crippen molar-refractivity contribution in [1.29, 1.82) is 0 Å². The predicted molar refractivity (Wildman–Crippen MR) is 120 cm³/mol. The smallest absolute Gasteiger partial charge is 0.185 e. The molecule has 1 heterocycles. The third-order valence-corrected chi connectivity index (χ3v) is 8.44. The second kappa shape index (κ2) is 12.6. The average Bonchev–Trinajstić information content (AvgIpc) is 2.71. The van der Waals surface area contributed by atoms with Crippen LogP contribution < -0.4 is 4.74 Å². The average molecular weight is 442 g/mol. The standard InChI is InChI=1S/C22H35NO4S2/c1-3-4-17-27-20-8-10-21(11-9-20)29(25,26)22(13-18-28-19(2)24)12-16-23-14-6-5-7-15-23/h8-11,22H,3-7,12-18H2,1-2H3. The molecule has 0 spiro atoms. The highest BCUT2D eigenvalue weighted by atomic mass is 32.2. The maximum atomic E-state index is 13.3. The van der Waals surface area contributed by atoms with Crippen LogP contribution >= 0.6 is 11.8 Å². The quantitative estimate of drug-likeness (QED) is 0.443. The molecule has 164 valence electrons. The van der Waals surface area contributed by atoms with Gasteiger partial charge in [-0.2, -0.15) is 0 Å². The zero-order chi connectivity index (χ0) is 21.1. The first kappa shape index (κ1) is 24.2. The first-order valence-corrected chi connectivity index (χ1v) is 13.3. The summed E-state index contributed by atoms with van der Waals surface area (Å²) in [5, 5.41) is -0.436. The number of hydrogen-bond acceptors (Lipinski definition) is 6. The molecule has 1 atom stereocenters. The number of thioether (sulfide) groups is 1. The molecule has 1 aromatic carbocycles. The second-order valence-electron chi connectivity index (χ2n) is 7.66. The maximum Gasteiger partial charge on any atom is 0.185 e. The Morgan fingerprint density at radius 1 is 1.14 bits per heavy atom. The number of nitrogens with zero attached hydrogens (tertiary/aromatic N) is 1. The zero-order valence-electron chi connectivity index (χ0n) is 17.8. The van der Waals surface area contributed by atoms with Crippen LogP contribution in [0.4, 0.5) is 0 Å². The summed E-state index contributed by atoms with van der Waals surface area (Å²) in [6, 6.07) is 6.80. The summed E-state index contributed by atoms with van der Waals surface area (Å²) in [6.45, 7) is 7.18. The van der Waals surface area contributed by atoms with Gasteiger partial charge in [-0.05, 0) is 76.0 Å². The van der Waals surface area contributed by atoms with E-state index in [-0.39, 0.29) is 5.12 Å². The van der Waals surface area contributed by atoms with E-state index in [2.05, 4.69) is 11.8 Å². The minimum atomic E-state index is -3.45. The van der Waals surface area contributed by atoms with Crippen molar-refractivity contribution in [2.24, 2.45) is 0 Å². The molecule has 2 rings (SSSR count). The van der Waals surface area contributed by atoms with E-state index in [4.69, 9.17) is 4.74 Å². The lowest BCUT2D eigenvalue weighted by molar-refractivity contribution is -0.109. The monoisotopic (exact) mass is 441 g/mol.